The summed E-state index contributed by atoms with van der Waals surface area (Å²) in [6, 6.07) is 11.5. The van der Waals surface area contributed by atoms with Gasteiger partial charge in [-0.15, -0.1) is 0 Å². The Morgan fingerprint density at radius 1 is 1.19 bits per heavy atom. The molecule has 0 aliphatic carbocycles. The minimum atomic E-state index is -0.258. The number of nitrogens with one attached hydrogen (secondary N) is 1. The van der Waals surface area contributed by atoms with Crippen molar-refractivity contribution in [1.82, 2.24) is 5.43 Å². The number of phenolic OH excluding ortho intramolecular Hbond substituents is 2. The molecule has 0 atom stereocenters. The molecule has 0 unspecified atom stereocenters. The van der Waals surface area contributed by atoms with Crippen molar-refractivity contribution in [2.75, 3.05) is 0 Å². The second-order valence-corrected chi connectivity index (χ2v) is 5.26. The van der Waals surface area contributed by atoms with Crippen molar-refractivity contribution >= 4 is 28.1 Å². The summed E-state index contributed by atoms with van der Waals surface area (Å²) in [5.74, 6) is -0.406. The van der Waals surface area contributed by atoms with Crippen LogP contribution in [0.5, 0.6) is 11.5 Å². The van der Waals surface area contributed by atoms with Gasteiger partial charge in [-0.3, -0.25) is 4.79 Å². The molecule has 2 aromatic rings. The van der Waals surface area contributed by atoms with Gasteiger partial charge in [0.25, 0.3) is 0 Å². The third-order valence-electron chi connectivity index (χ3n) is 2.68. The maximum absolute atomic E-state index is 11.7. The maximum atomic E-state index is 11.7. The van der Waals surface area contributed by atoms with Crippen molar-refractivity contribution in [2.45, 2.75) is 6.42 Å². The van der Waals surface area contributed by atoms with Crippen LogP contribution < -0.4 is 5.43 Å². The number of halogens is 1. The molecule has 0 spiro atoms. The van der Waals surface area contributed by atoms with Gasteiger partial charge in [-0.25, -0.2) is 5.43 Å². The van der Waals surface area contributed by atoms with Crippen LogP contribution in [-0.2, 0) is 11.2 Å². The zero-order valence-corrected chi connectivity index (χ0v) is 12.5. The molecule has 2 rings (SSSR count). The fraction of sp³-hybridized carbons (Fsp3) is 0.0667. The van der Waals surface area contributed by atoms with E-state index in [1.165, 1.54) is 24.4 Å². The Morgan fingerprint density at radius 2 is 1.90 bits per heavy atom. The van der Waals surface area contributed by atoms with Crippen LogP contribution in [0.25, 0.3) is 0 Å². The number of hydrazone groups is 1. The van der Waals surface area contributed by atoms with E-state index in [1.54, 1.807) is 0 Å². The quantitative estimate of drug-likeness (QED) is 0.586. The monoisotopic (exact) mass is 348 g/mol. The van der Waals surface area contributed by atoms with Crippen LogP contribution in [0.4, 0.5) is 0 Å². The van der Waals surface area contributed by atoms with E-state index >= 15 is 0 Å². The molecule has 0 fully saturated rings. The second-order valence-electron chi connectivity index (χ2n) is 4.34. The van der Waals surface area contributed by atoms with Gasteiger partial charge in [0.1, 0.15) is 11.5 Å². The molecule has 0 heterocycles. The molecular formula is C15H13BrN2O3. The molecule has 3 N–H and O–H groups in total. The van der Waals surface area contributed by atoms with Crippen molar-refractivity contribution in [3.8, 4) is 11.5 Å². The number of phenols is 2. The van der Waals surface area contributed by atoms with Gasteiger partial charge in [0, 0.05) is 16.1 Å². The summed E-state index contributed by atoms with van der Waals surface area (Å²) in [5.41, 5.74) is 3.65. The summed E-state index contributed by atoms with van der Waals surface area (Å²) in [4.78, 5) is 11.7. The van der Waals surface area contributed by atoms with Crippen LogP contribution in [-0.4, -0.2) is 22.3 Å². The normalized spacial score (nSPS) is 10.7. The number of benzene rings is 2. The molecule has 0 bridgehead atoms. The Morgan fingerprint density at radius 3 is 2.57 bits per heavy atom. The van der Waals surface area contributed by atoms with Crippen LogP contribution in [0.1, 0.15) is 11.1 Å². The largest absolute Gasteiger partial charge is 0.508 e. The van der Waals surface area contributed by atoms with E-state index in [0.717, 1.165) is 10.0 Å². The average Bonchev–Trinajstić information content (AvgIpc) is 2.44. The van der Waals surface area contributed by atoms with Gasteiger partial charge in [0.15, 0.2) is 0 Å². The highest BCUT2D eigenvalue weighted by molar-refractivity contribution is 9.10. The summed E-state index contributed by atoms with van der Waals surface area (Å²) < 4.78 is 0.951. The summed E-state index contributed by atoms with van der Waals surface area (Å²) in [5, 5.41) is 22.5. The Bertz CT molecular complexity index is 669. The zero-order valence-electron chi connectivity index (χ0n) is 11.0. The van der Waals surface area contributed by atoms with Gasteiger partial charge >= 0.3 is 0 Å². The molecule has 0 saturated heterocycles. The van der Waals surface area contributed by atoms with E-state index in [2.05, 4.69) is 26.5 Å². The predicted octanol–water partition coefficient (Wildman–Crippen LogP) is 2.55. The number of hydrogen-bond acceptors (Lipinski definition) is 4. The average molecular weight is 349 g/mol. The number of rotatable bonds is 4. The van der Waals surface area contributed by atoms with E-state index in [4.69, 9.17) is 5.11 Å². The minimum absolute atomic E-state index is 0.0380. The fourth-order valence-electron chi connectivity index (χ4n) is 1.64. The first-order valence-corrected chi connectivity index (χ1v) is 6.92. The summed E-state index contributed by atoms with van der Waals surface area (Å²) in [6.45, 7) is 0. The van der Waals surface area contributed by atoms with Crippen LogP contribution in [0.2, 0.25) is 0 Å². The van der Waals surface area contributed by atoms with Crippen molar-refractivity contribution in [3.05, 3.63) is 58.1 Å². The molecular weight excluding hydrogens is 336 g/mol. The summed E-state index contributed by atoms with van der Waals surface area (Å²) in [7, 11) is 0. The van der Waals surface area contributed by atoms with Crippen LogP contribution >= 0.6 is 15.9 Å². The van der Waals surface area contributed by atoms with Crippen molar-refractivity contribution in [1.29, 1.82) is 0 Å². The van der Waals surface area contributed by atoms with Crippen molar-refractivity contribution < 1.29 is 15.0 Å². The number of carbonyl (C=O) groups is 1. The van der Waals surface area contributed by atoms with Gasteiger partial charge in [0.2, 0.25) is 5.91 Å². The van der Waals surface area contributed by atoms with Crippen molar-refractivity contribution in [2.24, 2.45) is 5.10 Å². The standard InChI is InChI=1S/C15H13BrN2O3/c16-12-4-1-10(2-5-12)7-15(21)18-17-9-11-3-6-13(19)8-14(11)20/h1-6,8-9,19-20H,7H2,(H,18,21). The summed E-state index contributed by atoms with van der Waals surface area (Å²) >= 11 is 3.33. The van der Waals surface area contributed by atoms with Gasteiger partial charge in [0.05, 0.1) is 12.6 Å². The minimum Gasteiger partial charge on any atom is -0.508 e. The van der Waals surface area contributed by atoms with Crippen molar-refractivity contribution in [3.63, 3.8) is 0 Å². The van der Waals surface area contributed by atoms with Gasteiger partial charge in [-0.05, 0) is 29.8 Å². The van der Waals surface area contributed by atoms with E-state index < -0.39 is 0 Å². The lowest BCUT2D eigenvalue weighted by molar-refractivity contribution is -0.120. The first-order chi connectivity index (χ1) is 10.0. The Balaban J connectivity index is 1.91. The van der Waals surface area contributed by atoms with E-state index in [9.17, 15) is 9.90 Å². The molecule has 0 aromatic heterocycles. The number of aromatic hydroxyl groups is 2. The molecule has 0 aliphatic rings. The second kappa shape index (κ2) is 6.90. The molecule has 5 nitrogen and oxygen atoms in total. The van der Waals surface area contributed by atoms with Gasteiger partial charge < -0.3 is 10.2 Å². The molecule has 6 heteroatoms. The Labute approximate surface area is 130 Å². The van der Waals surface area contributed by atoms with E-state index in [-0.39, 0.29) is 23.8 Å². The summed E-state index contributed by atoms with van der Waals surface area (Å²) in [6.07, 6.45) is 1.53. The van der Waals surface area contributed by atoms with E-state index in [0.29, 0.717) is 5.56 Å². The lowest BCUT2D eigenvalue weighted by Crippen LogP contribution is -2.19. The number of hydrogen-bond donors (Lipinski definition) is 3. The van der Waals surface area contributed by atoms with Crippen LogP contribution in [0, 0.1) is 0 Å². The first-order valence-electron chi connectivity index (χ1n) is 6.13. The number of amides is 1. The molecule has 1 amide bonds. The molecule has 0 saturated carbocycles. The Kier molecular flexibility index (Phi) is 4.94. The number of carbonyl (C=O) groups excluding carboxylic acids is 1. The number of nitrogens with zero attached hydrogens (tertiary/aromatic N) is 1. The van der Waals surface area contributed by atoms with E-state index in [1.807, 2.05) is 24.3 Å². The topological polar surface area (TPSA) is 81.9 Å². The third-order valence-corrected chi connectivity index (χ3v) is 3.21. The van der Waals surface area contributed by atoms with Gasteiger partial charge in [-0.1, -0.05) is 28.1 Å². The lowest BCUT2D eigenvalue weighted by Gasteiger charge is -2.01. The smallest absolute Gasteiger partial charge is 0.244 e. The van der Waals surface area contributed by atoms with Gasteiger partial charge in [-0.2, -0.15) is 5.10 Å². The highest BCUT2D eigenvalue weighted by atomic mass is 79.9. The molecule has 0 aliphatic heterocycles. The molecule has 2 aromatic carbocycles. The third kappa shape index (κ3) is 4.61. The highest BCUT2D eigenvalue weighted by Crippen LogP contribution is 2.20. The predicted molar refractivity (Wildman–Crippen MR) is 83.4 cm³/mol. The SMILES string of the molecule is O=C(Cc1ccc(Br)cc1)NN=Cc1ccc(O)cc1O. The molecule has 108 valence electrons. The van der Waals surface area contributed by atoms with Crippen LogP contribution in [0.3, 0.4) is 0 Å². The molecule has 0 radical (unpaired) electrons. The molecule has 21 heavy (non-hydrogen) atoms. The Hall–Kier alpha value is -2.34. The lowest BCUT2D eigenvalue weighted by atomic mass is 10.1. The van der Waals surface area contributed by atoms with Crippen LogP contribution in [0.15, 0.2) is 52.0 Å². The fourth-order valence-corrected chi connectivity index (χ4v) is 1.91. The first kappa shape index (κ1) is 15.1. The maximum Gasteiger partial charge on any atom is 0.244 e. The zero-order chi connectivity index (χ0) is 15.2. The highest BCUT2D eigenvalue weighted by Gasteiger charge is 2.03.